The topological polar surface area (TPSA) is 0 Å². The molecule has 2 aliphatic carbocycles. The van der Waals surface area contributed by atoms with Gasteiger partial charge in [-0.15, -0.1) is 11.1 Å². The Morgan fingerprint density at radius 1 is 0.667 bits per heavy atom. The molecule has 1 unspecified atom stereocenters. The van der Waals surface area contributed by atoms with Crippen molar-refractivity contribution < 1.29 is 50.6 Å². The Labute approximate surface area is 293 Å². The Balaban J connectivity index is 0.000000172. The summed E-state index contributed by atoms with van der Waals surface area (Å²) in [6.07, 6.45) is -1.77. The molecular weight excluding hydrogens is 698 g/mol. The molecule has 0 aliphatic heterocycles. The van der Waals surface area contributed by atoms with Gasteiger partial charge in [-0.25, -0.2) is 5.57 Å². The van der Waals surface area contributed by atoms with Crippen LogP contribution < -0.4 is 0 Å². The van der Waals surface area contributed by atoms with E-state index in [0.29, 0.717) is 5.92 Å². The van der Waals surface area contributed by atoms with Crippen molar-refractivity contribution in [1.82, 2.24) is 0 Å². The molecule has 7 heteroatoms. The number of hydrogen-bond acceptors (Lipinski definition) is 0. The fourth-order valence-corrected chi connectivity index (χ4v) is 4.90. The number of benzene rings is 5. The largest absolute Gasteiger partial charge is 0.179 e. The van der Waals surface area contributed by atoms with Crippen LogP contribution in [0.25, 0.3) is 16.7 Å². The number of fused-ring (bicyclic) bond motifs is 3. The molecule has 0 nitrogen and oxygen atoms in total. The van der Waals surface area contributed by atoms with E-state index in [9.17, 15) is 26.3 Å². The van der Waals surface area contributed by atoms with Gasteiger partial charge in [0, 0.05) is 0 Å². The van der Waals surface area contributed by atoms with E-state index >= 15 is 0 Å². The van der Waals surface area contributed by atoms with E-state index in [1.165, 1.54) is 87.5 Å². The average Bonchev–Trinajstić information content (AvgIpc) is 3.65. The van der Waals surface area contributed by atoms with Crippen LogP contribution in [0.5, 0.6) is 0 Å². The number of rotatable bonds is 1. The summed E-state index contributed by atoms with van der Waals surface area (Å²) >= 11 is 1.30. The normalized spacial score (nSPS) is 13.9. The van der Waals surface area contributed by atoms with E-state index in [4.69, 9.17) is 0 Å². The van der Waals surface area contributed by atoms with Gasteiger partial charge >= 0.3 is 40.8 Å². The predicted molar refractivity (Wildman–Crippen MR) is 177 cm³/mol. The minimum Gasteiger partial charge on any atom is -0.179 e. The molecule has 0 radical (unpaired) electrons. The third-order valence-electron chi connectivity index (χ3n) is 7.03. The molecule has 0 aromatic heterocycles. The van der Waals surface area contributed by atoms with E-state index in [-0.39, 0.29) is 0 Å². The van der Waals surface area contributed by atoms with Crippen LogP contribution in [0.15, 0.2) is 133 Å². The van der Waals surface area contributed by atoms with Crippen molar-refractivity contribution in [3.63, 3.8) is 0 Å². The van der Waals surface area contributed by atoms with Crippen molar-refractivity contribution in [3.8, 4) is 11.1 Å². The summed E-state index contributed by atoms with van der Waals surface area (Å²) < 4.78 is 73.9. The molecule has 0 spiro atoms. The van der Waals surface area contributed by atoms with E-state index in [1.54, 1.807) is 0 Å². The van der Waals surface area contributed by atoms with Crippen LogP contribution in [0.3, 0.4) is 0 Å². The molecular formula is C41H32F6Zr-4. The van der Waals surface area contributed by atoms with E-state index in [0.717, 1.165) is 30.7 Å². The summed E-state index contributed by atoms with van der Waals surface area (Å²) in [5.74, 6) is 0.468. The fraction of sp³-hybridized carbons (Fsp3) is 0.146. The number of alkyl halides is 6. The molecule has 0 saturated carbocycles. The second kappa shape index (κ2) is 18.5. The minimum absolute atomic E-state index is 0.468. The molecule has 48 heavy (non-hydrogen) atoms. The zero-order valence-electron chi connectivity index (χ0n) is 26.4. The van der Waals surface area contributed by atoms with E-state index < -0.39 is 23.5 Å². The van der Waals surface area contributed by atoms with Crippen molar-refractivity contribution in [2.45, 2.75) is 32.6 Å². The van der Waals surface area contributed by atoms with Crippen molar-refractivity contribution in [3.05, 3.63) is 185 Å². The Kier molecular flexibility index (Phi) is 14.7. The van der Waals surface area contributed by atoms with Crippen molar-refractivity contribution in [2.24, 2.45) is 5.92 Å². The second-order valence-electron chi connectivity index (χ2n) is 10.5. The molecule has 0 saturated heterocycles. The van der Waals surface area contributed by atoms with Crippen LogP contribution in [0.1, 0.15) is 41.7 Å². The molecule has 246 valence electrons. The van der Waals surface area contributed by atoms with Crippen molar-refractivity contribution in [1.29, 1.82) is 0 Å². The maximum Gasteiger partial charge on any atom is -0.0253 e. The monoisotopic (exact) mass is 728 g/mol. The Morgan fingerprint density at radius 2 is 1.19 bits per heavy atom. The van der Waals surface area contributed by atoms with Crippen LogP contribution >= 0.6 is 0 Å². The number of allylic oxidation sites excluding steroid dienone is 4. The van der Waals surface area contributed by atoms with Crippen LogP contribution in [0.2, 0.25) is 0 Å². The molecule has 0 heterocycles. The SMILES string of the molecule is CC1=[C-]C(C)C=C1c1ccccc1.FC(F)(F)c1c[c-]ccc1.FC(F)(F)c1c[c-]ccc1.[CH2]=[Zr].[c-]1cccc2c1Cc1ccccc1-2. The molecule has 0 N–H and O–H groups in total. The summed E-state index contributed by atoms with van der Waals surface area (Å²) in [7, 11) is 0. The van der Waals surface area contributed by atoms with Gasteiger partial charge in [-0.1, -0.05) is 96.6 Å². The smallest absolute Gasteiger partial charge is 0.0253 e. The maximum absolute atomic E-state index is 11.8. The van der Waals surface area contributed by atoms with Crippen LogP contribution in [0.4, 0.5) is 26.3 Å². The van der Waals surface area contributed by atoms with Gasteiger partial charge < -0.3 is 0 Å². The molecule has 7 rings (SSSR count). The molecule has 5 aromatic carbocycles. The molecule has 1 atom stereocenters. The minimum atomic E-state index is -4.24. The van der Waals surface area contributed by atoms with Crippen LogP contribution in [-0.4, -0.2) is 4.21 Å². The van der Waals surface area contributed by atoms with E-state index in [1.807, 2.05) is 12.1 Å². The molecule has 0 amide bonds. The first-order valence-corrected chi connectivity index (χ1v) is 16.5. The average molecular weight is 730 g/mol. The number of halogens is 6. The molecule has 2 aliphatic rings. The Hall–Kier alpha value is -4.09. The van der Waals surface area contributed by atoms with E-state index in [2.05, 4.69) is 109 Å². The molecule has 0 fully saturated rings. The predicted octanol–water partition coefficient (Wildman–Crippen LogP) is 11.5. The first-order valence-electron chi connectivity index (χ1n) is 14.8. The summed E-state index contributed by atoms with van der Waals surface area (Å²) in [5, 5.41) is 0. The number of hydrogen-bond donors (Lipinski definition) is 0. The van der Waals surface area contributed by atoms with Gasteiger partial charge in [0.1, 0.15) is 0 Å². The summed E-state index contributed by atoms with van der Waals surface area (Å²) in [6, 6.07) is 42.6. The van der Waals surface area contributed by atoms with Gasteiger partial charge in [-0.2, -0.15) is 128 Å². The van der Waals surface area contributed by atoms with Crippen LogP contribution in [-0.2, 0) is 43.0 Å². The standard InChI is InChI=1S/C13H9.C13H13.2C7H4F3.CH2.Zr/c1-3-7-12-10(5-1)9-11-6-2-4-8-13(11)12;1-10-8-11(2)13(9-10)12-6-4-3-5-7-12;2*8-7(9,10)6-4-2-1-3-5-6;;/h1-5,7-8H,9H2;3-7,9-10H,1-2H3;2*1-2,4-5H;1H2;/q4*-1;;. The van der Waals surface area contributed by atoms with Crippen molar-refractivity contribution in [2.75, 3.05) is 0 Å². The van der Waals surface area contributed by atoms with Gasteiger partial charge in [0.15, 0.2) is 0 Å². The third-order valence-corrected chi connectivity index (χ3v) is 7.03. The second-order valence-corrected chi connectivity index (χ2v) is 10.5. The summed E-state index contributed by atoms with van der Waals surface area (Å²) in [5.41, 5.74) is 8.12. The quantitative estimate of drug-likeness (QED) is 0.117. The summed E-state index contributed by atoms with van der Waals surface area (Å²) in [4.78, 5) is 0. The van der Waals surface area contributed by atoms with Gasteiger partial charge in [0.25, 0.3) is 0 Å². The maximum atomic E-state index is 11.8. The van der Waals surface area contributed by atoms with Gasteiger partial charge in [-0.3, -0.25) is 6.08 Å². The first kappa shape index (κ1) is 38.4. The fourth-order valence-electron chi connectivity index (χ4n) is 4.90. The zero-order chi connectivity index (χ0) is 35.2. The molecule has 5 aromatic rings. The van der Waals surface area contributed by atoms with Crippen LogP contribution in [0, 0.1) is 30.2 Å². The van der Waals surface area contributed by atoms with Gasteiger partial charge in [-0.05, 0) is 6.42 Å². The van der Waals surface area contributed by atoms with Gasteiger partial charge in [0.05, 0.1) is 0 Å². The Bertz CT molecular complexity index is 1660. The Morgan fingerprint density at radius 3 is 1.67 bits per heavy atom. The zero-order valence-corrected chi connectivity index (χ0v) is 28.8. The summed E-state index contributed by atoms with van der Waals surface area (Å²) in [6.45, 7) is 4.29. The molecule has 0 bridgehead atoms. The first-order chi connectivity index (χ1) is 22.9. The van der Waals surface area contributed by atoms with Crippen molar-refractivity contribution >= 4 is 9.78 Å². The van der Waals surface area contributed by atoms with Gasteiger partial charge in [0.2, 0.25) is 0 Å². The third kappa shape index (κ3) is 11.6.